The van der Waals surface area contributed by atoms with Gasteiger partial charge in [0, 0.05) is 12.6 Å². The van der Waals surface area contributed by atoms with E-state index in [9.17, 15) is 13.2 Å². The number of nitrogens with zero attached hydrogens (tertiary/aromatic N) is 1. The average Bonchev–Trinajstić information content (AvgIpc) is 3.51. The minimum Gasteiger partial charge on any atom is -0.376 e. The third-order valence-corrected chi connectivity index (χ3v) is 8.11. The van der Waals surface area contributed by atoms with Gasteiger partial charge in [0.25, 0.3) is 0 Å². The molecular formula is C22H30N2O4S. The Morgan fingerprint density at radius 2 is 1.93 bits per heavy atom. The second-order valence-electron chi connectivity index (χ2n) is 9.50. The number of amides is 1. The van der Waals surface area contributed by atoms with E-state index in [0.29, 0.717) is 25.0 Å². The molecule has 4 fully saturated rings. The zero-order valence-electron chi connectivity index (χ0n) is 16.9. The average molecular weight is 419 g/mol. The molecule has 5 rings (SSSR count). The lowest BCUT2D eigenvalue weighted by molar-refractivity contribution is -0.142. The minimum atomic E-state index is -3.33. The molecule has 0 radical (unpaired) electrons. The normalized spacial score (nSPS) is 38.1. The van der Waals surface area contributed by atoms with Gasteiger partial charge in [0.15, 0.2) is 0 Å². The first kappa shape index (κ1) is 19.5. The number of fused-ring (bicyclic) bond motifs is 1. The van der Waals surface area contributed by atoms with Gasteiger partial charge >= 0.3 is 0 Å². The summed E-state index contributed by atoms with van der Waals surface area (Å²) in [7, 11) is -3.33. The molecule has 0 unspecified atom stereocenters. The lowest BCUT2D eigenvalue weighted by atomic mass is 9.77. The molecule has 3 aliphatic carbocycles. The number of hydrogen-bond donors (Lipinski definition) is 1. The number of hydrogen-bond acceptors (Lipinski definition) is 4. The Hall–Kier alpha value is -1.44. The summed E-state index contributed by atoms with van der Waals surface area (Å²) < 4.78 is 32.8. The van der Waals surface area contributed by atoms with E-state index in [1.54, 1.807) is 0 Å². The monoisotopic (exact) mass is 418 g/mol. The third-order valence-electron chi connectivity index (χ3n) is 7.38. The molecular weight excluding hydrogens is 388 g/mol. The van der Waals surface area contributed by atoms with Crippen LogP contribution in [0.5, 0.6) is 0 Å². The Balaban J connectivity index is 1.23. The van der Waals surface area contributed by atoms with Crippen LogP contribution >= 0.6 is 0 Å². The Morgan fingerprint density at radius 3 is 2.55 bits per heavy atom. The SMILES string of the molecule is CS(=O)(=O)N[C@H]1CCCN(C(=O)C23CC2C3)[C@H]1CO[C@H]1C[C@@H](c2ccccc2)C1. The number of rotatable bonds is 7. The van der Waals surface area contributed by atoms with Crippen LogP contribution in [0.3, 0.4) is 0 Å². The lowest BCUT2D eigenvalue weighted by Gasteiger charge is -2.43. The van der Waals surface area contributed by atoms with E-state index in [0.717, 1.165) is 38.5 Å². The van der Waals surface area contributed by atoms with E-state index < -0.39 is 10.0 Å². The Morgan fingerprint density at radius 1 is 1.24 bits per heavy atom. The van der Waals surface area contributed by atoms with Crippen molar-refractivity contribution >= 4 is 15.9 Å². The number of sulfonamides is 1. The molecule has 7 heteroatoms. The molecule has 2 atom stereocenters. The van der Waals surface area contributed by atoms with Gasteiger partial charge in [-0.2, -0.15) is 0 Å². The fraction of sp³-hybridized carbons (Fsp3) is 0.682. The van der Waals surface area contributed by atoms with Gasteiger partial charge in [0.05, 0.1) is 30.4 Å². The van der Waals surface area contributed by atoms with Gasteiger partial charge in [0.1, 0.15) is 0 Å². The smallest absolute Gasteiger partial charge is 0.229 e. The maximum atomic E-state index is 13.1. The third kappa shape index (κ3) is 3.84. The largest absolute Gasteiger partial charge is 0.376 e. The van der Waals surface area contributed by atoms with Crippen LogP contribution in [-0.2, 0) is 19.6 Å². The highest BCUT2D eigenvalue weighted by Gasteiger charge is 2.75. The highest BCUT2D eigenvalue weighted by Crippen LogP contribution is 2.76. The van der Waals surface area contributed by atoms with Gasteiger partial charge in [-0.05, 0) is 55.9 Å². The fourth-order valence-electron chi connectivity index (χ4n) is 5.20. The van der Waals surface area contributed by atoms with Gasteiger partial charge in [-0.1, -0.05) is 30.3 Å². The van der Waals surface area contributed by atoms with E-state index in [2.05, 4.69) is 29.0 Å². The molecule has 1 saturated heterocycles. The number of ether oxygens (including phenoxy) is 1. The summed E-state index contributed by atoms with van der Waals surface area (Å²) in [5.41, 5.74) is 1.26. The van der Waals surface area contributed by atoms with Crippen LogP contribution in [0.25, 0.3) is 0 Å². The molecule has 29 heavy (non-hydrogen) atoms. The Bertz CT molecular complexity index is 875. The van der Waals surface area contributed by atoms with Crippen molar-refractivity contribution in [3.8, 4) is 0 Å². The Kier molecular flexibility index (Phi) is 4.76. The molecule has 6 nitrogen and oxygen atoms in total. The van der Waals surface area contributed by atoms with Gasteiger partial charge in [-0.15, -0.1) is 0 Å². The Labute approximate surface area is 173 Å². The van der Waals surface area contributed by atoms with Crippen LogP contribution in [0.1, 0.15) is 50.0 Å². The molecule has 1 aromatic carbocycles. The second kappa shape index (κ2) is 7.06. The van der Waals surface area contributed by atoms with Gasteiger partial charge in [-0.25, -0.2) is 13.1 Å². The van der Waals surface area contributed by atoms with Crippen molar-refractivity contribution in [3.63, 3.8) is 0 Å². The van der Waals surface area contributed by atoms with E-state index in [1.165, 1.54) is 11.8 Å². The minimum absolute atomic E-state index is 0.0971. The molecule has 1 N–H and O–H groups in total. The highest BCUT2D eigenvalue weighted by atomic mass is 32.2. The van der Waals surface area contributed by atoms with Crippen molar-refractivity contribution in [1.29, 1.82) is 0 Å². The molecule has 4 aliphatic rings. The van der Waals surface area contributed by atoms with Crippen LogP contribution in [0.4, 0.5) is 0 Å². The number of carbonyl (C=O) groups is 1. The van der Waals surface area contributed by atoms with E-state index in [1.807, 2.05) is 11.0 Å². The van der Waals surface area contributed by atoms with Crippen LogP contribution < -0.4 is 4.72 Å². The molecule has 3 saturated carbocycles. The van der Waals surface area contributed by atoms with E-state index in [-0.39, 0.29) is 29.5 Å². The molecule has 0 bridgehead atoms. The van der Waals surface area contributed by atoms with E-state index >= 15 is 0 Å². The molecule has 1 aromatic rings. The number of carbonyl (C=O) groups excluding carboxylic acids is 1. The van der Waals surface area contributed by atoms with Gasteiger partial charge in [-0.3, -0.25) is 4.79 Å². The summed E-state index contributed by atoms with van der Waals surface area (Å²) >= 11 is 0. The van der Waals surface area contributed by atoms with E-state index in [4.69, 9.17) is 4.74 Å². The summed E-state index contributed by atoms with van der Waals surface area (Å²) in [5.74, 6) is 1.35. The van der Waals surface area contributed by atoms with Crippen molar-refractivity contribution in [1.82, 2.24) is 9.62 Å². The first-order valence-corrected chi connectivity index (χ1v) is 12.7. The zero-order chi connectivity index (χ0) is 20.2. The maximum absolute atomic E-state index is 13.1. The van der Waals surface area contributed by atoms with Crippen LogP contribution in [0.15, 0.2) is 30.3 Å². The summed E-state index contributed by atoms with van der Waals surface area (Å²) in [4.78, 5) is 15.0. The predicted molar refractivity (Wildman–Crippen MR) is 110 cm³/mol. The van der Waals surface area contributed by atoms with Crippen molar-refractivity contribution in [2.45, 2.75) is 62.6 Å². The first-order valence-electron chi connectivity index (χ1n) is 10.8. The van der Waals surface area contributed by atoms with Gasteiger partial charge in [0.2, 0.25) is 15.9 Å². The van der Waals surface area contributed by atoms with Crippen molar-refractivity contribution in [2.24, 2.45) is 11.3 Å². The summed E-state index contributed by atoms with van der Waals surface area (Å²) in [6, 6.07) is 10.0. The molecule has 0 spiro atoms. The maximum Gasteiger partial charge on any atom is 0.229 e. The van der Waals surface area contributed by atoms with Crippen molar-refractivity contribution in [2.75, 3.05) is 19.4 Å². The summed E-state index contributed by atoms with van der Waals surface area (Å²) in [6.07, 6.45) is 6.96. The topological polar surface area (TPSA) is 75.7 Å². The number of nitrogens with one attached hydrogen (secondary N) is 1. The number of benzene rings is 1. The zero-order valence-corrected chi connectivity index (χ0v) is 17.7. The summed E-state index contributed by atoms with van der Waals surface area (Å²) in [5, 5.41) is 0. The predicted octanol–water partition coefficient (Wildman–Crippen LogP) is 2.27. The lowest BCUT2D eigenvalue weighted by Crippen LogP contribution is -2.59. The summed E-state index contributed by atoms with van der Waals surface area (Å²) in [6.45, 7) is 1.12. The molecule has 1 heterocycles. The highest BCUT2D eigenvalue weighted by molar-refractivity contribution is 7.88. The van der Waals surface area contributed by atoms with Crippen molar-refractivity contribution in [3.05, 3.63) is 35.9 Å². The molecule has 1 aliphatic heterocycles. The van der Waals surface area contributed by atoms with Crippen LogP contribution in [0, 0.1) is 11.3 Å². The fourth-order valence-corrected chi connectivity index (χ4v) is 6.02. The second-order valence-corrected chi connectivity index (χ2v) is 11.3. The first-order chi connectivity index (χ1) is 13.9. The number of likely N-dealkylation sites (tertiary alicyclic amines) is 1. The molecule has 158 valence electrons. The standard InChI is InChI=1S/C22H30N2O4S/c1-29(26,27)23-19-8-5-9-24(21(25)22-12-17(22)13-22)20(19)14-28-18-10-16(11-18)15-6-3-2-4-7-15/h2-4,6-7,16-20,23H,5,8-14H2,1H3/t16-,17?,18+,19-,20-,22?/m0/s1. The van der Waals surface area contributed by atoms with Crippen LogP contribution in [0.2, 0.25) is 0 Å². The quantitative estimate of drug-likeness (QED) is 0.737. The molecule has 1 amide bonds. The van der Waals surface area contributed by atoms with Crippen LogP contribution in [-0.4, -0.2) is 56.8 Å². The molecule has 0 aromatic heterocycles. The van der Waals surface area contributed by atoms with Crippen molar-refractivity contribution < 1.29 is 17.9 Å². The number of piperidine rings is 1. The van der Waals surface area contributed by atoms with Gasteiger partial charge < -0.3 is 9.64 Å².